The number of nitrogens with zero attached hydrogens (tertiary/aromatic N) is 2. The molecule has 0 aliphatic heterocycles. The van der Waals surface area contributed by atoms with E-state index in [1.165, 1.54) is 36.0 Å². The Morgan fingerprint density at radius 1 is 0.717 bits per heavy atom. The number of hydrogen-bond acceptors (Lipinski definition) is 6. The van der Waals surface area contributed by atoms with Crippen molar-refractivity contribution in [3.8, 4) is 0 Å². The molecule has 9 nitrogen and oxygen atoms in total. The lowest BCUT2D eigenvalue weighted by atomic mass is 10.1. The molecule has 5 aromatic carbocycles. The fourth-order valence-corrected chi connectivity index (χ4v) is 5.26. The lowest BCUT2D eigenvalue weighted by molar-refractivity contribution is -0.385. The van der Waals surface area contributed by atoms with Gasteiger partial charge in [-0.2, -0.15) is 0 Å². The van der Waals surface area contributed by atoms with Gasteiger partial charge in [-0.15, -0.1) is 11.8 Å². The second kappa shape index (κ2) is 15.1. The molecular weight excluding hydrogens is 600 g/mol. The van der Waals surface area contributed by atoms with E-state index in [0.717, 1.165) is 16.3 Å². The molecule has 228 valence electrons. The van der Waals surface area contributed by atoms with Gasteiger partial charge < -0.3 is 10.6 Å². The molecule has 5 rings (SSSR count). The topological polar surface area (TPSA) is 122 Å². The van der Waals surface area contributed by atoms with Crippen molar-refractivity contribution in [1.82, 2.24) is 5.32 Å². The Hall–Kier alpha value is -6.00. The standard InChI is InChI=1S/C36H28N4O5S/c41-34(39(29-15-6-2-7-16-29)30-17-8-3-9-18-30)25-46-31-22-20-28(21-23-31)37-36(43)32(38-35(42)26-12-4-1-5-13-26)24-27-14-10-11-19-33(27)40(44)45/h1-24H,25H2,(H,37,43)(H,38,42)/b32-24-. The highest BCUT2D eigenvalue weighted by molar-refractivity contribution is 8.00. The molecule has 10 heteroatoms. The number of para-hydroxylation sites is 3. The number of benzene rings is 5. The summed E-state index contributed by atoms with van der Waals surface area (Å²) in [5, 5.41) is 16.9. The summed E-state index contributed by atoms with van der Waals surface area (Å²) in [6.07, 6.45) is 1.27. The van der Waals surface area contributed by atoms with Gasteiger partial charge in [-0.05, 0) is 72.8 Å². The molecule has 0 aliphatic carbocycles. The maximum atomic E-state index is 13.4. The molecule has 0 atom stereocenters. The molecule has 0 aromatic heterocycles. The fraction of sp³-hybridized carbons (Fsp3) is 0.0278. The summed E-state index contributed by atoms with van der Waals surface area (Å²) in [5.41, 5.74) is 2.05. The Morgan fingerprint density at radius 2 is 1.26 bits per heavy atom. The number of anilines is 3. The predicted molar refractivity (Wildman–Crippen MR) is 181 cm³/mol. The van der Waals surface area contributed by atoms with Crippen molar-refractivity contribution in [3.05, 3.63) is 166 Å². The molecule has 0 saturated carbocycles. The van der Waals surface area contributed by atoms with Crippen LogP contribution in [0.3, 0.4) is 0 Å². The molecule has 3 amide bonds. The summed E-state index contributed by atoms with van der Waals surface area (Å²) < 4.78 is 0. The molecule has 0 unspecified atom stereocenters. The van der Waals surface area contributed by atoms with Gasteiger partial charge in [-0.1, -0.05) is 66.7 Å². The van der Waals surface area contributed by atoms with Gasteiger partial charge in [0, 0.05) is 33.6 Å². The van der Waals surface area contributed by atoms with Gasteiger partial charge in [0.25, 0.3) is 17.5 Å². The van der Waals surface area contributed by atoms with Gasteiger partial charge >= 0.3 is 0 Å². The molecule has 0 spiro atoms. The third kappa shape index (κ3) is 8.13. The van der Waals surface area contributed by atoms with Gasteiger partial charge in [-0.25, -0.2) is 0 Å². The summed E-state index contributed by atoms with van der Waals surface area (Å²) in [5.74, 6) is -1.14. The highest BCUT2D eigenvalue weighted by atomic mass is 32.2. The lowest BCUT2D eigenvalue weighted by Crippen LogP contribution is -2.30. The molecular formula is C36H28N4O5S. The summed E-state index contributed by atoms with van der Waals surface area (Å²) in [6.45, 7) is 0. The second-order valence-electron chi connectivity index (χ2n) is 9.86. The average molecular weight is 629 g/mol. The van der Waals surface area contributed by atoms with Crippen LogP contribution < -0.4 is 15.5 Å². The Balaban J connectivity index is 1.30. The number of nitrogens with one attached hydrogen (secondary N) is 2. The fourth-order valence-electron chi connectivity index (χ4n) is 4.51. The number of rotatable bonds is 11. The van der Waals surface area contributed by atoms with Gasteiger partial charge in [0.15, 0.2) is 0 Å². The zero-order valence-corrected chi connectivity index (χ0v) is 25.2. The highest BCUT2D eigenvalue weighted by Gasteiger charge is 2.20. The molecule has 0 bridgehead atoms. The van der Waals surface area contributed by atoms with Crippen LogP contribution in [0.1, 0.15) is 15.9 Å². The second-order valence-corrected chi connectivity index (χ2v) is 10.9. The van der Waals surface area contributed by atoms with E-state index >= 15 is 0 Å². The van der Waals surface area contributed by atoms with Gasteiger partial charge in [0.1, 0.15) is 5.70 Å². The first-order valence-electron chi connectivity index (χ1n) is 14.2. The van der Waals surface area contributed by atoms with E-state index < -0.39 is 16.7 Å². The number of carbonyl (C=O) groups is 3. The zero-order chi connectivity index (χ0) is 32.3. The first-order valence-corrected chi connectivity index (χ1v) is 15.2. The number of nitro groups is 1. The minimum absolute atomic E-state index is 0.0984. The number of nitro benzene ring substituents is 1. The van der Waals surface area contributed by atoms with Crippen molar-refractivity contribution in [2.75, 3.05) is 16.0 Å². The molecule has 46 heavy (non-hydrogen) atoms. The highest BCUT2D eigenvalue weighted by Crippen LogP contribution is 2.28. The number of thioether (sulfide) groups is 1. The van der Waals surface area contributed by atoms with E-state index in [0.29, 0.717) is 11.3 Å². The minimum atomic E-state index is -0.667. The summed E-state index contributed by atoms with van der Waals surface area (Å²) >= 11 is 1.36. The van der Waals surface area contributed by atoms with Crippen LogP contribution in [0.25, 0.3) is 6.08 Å². The molecule has 0 heterocycles. The quantitative estimate of drug-likeness (QED) is 0.0678. The van der Waals surface area contributed by atoms with Crippen LogP contribution in [0.2, 0.25) is 0 Å². The van der Waals surface area contributed by atoms with Crippen molar-refractivity contribution in [1.29, 1.82) is 0 Å². The maximum Gasteiger partial charge on any atom is 0.276 e. The summed E-state index contributed by atoms with van der Waals surface area (Å²) in [6, 6.07) is 40.0. The van der Waals surface area contributed by atoms with Gasteiger partial charge in [-0.3, -0.25) is 29.4 Å². The van der Waals surface area contributed by atoms with Crippen LogP contribution in [-0.4, -0.2) is 28.4 Å². The average Bonchev–Trinajstić information content (AvgIpc) is 3.09. The smallest absolute Gasteiger partial charge is 0.276 e. The SMILES string of the molecule is O=C(Nc1ccc(SCC(=O)N(c2ccccc2)c2ccccc2)cc1)/C(=C/c1ccccc1[N+](=O)[O-])NC(=O)c1ccccc1. The largest absolute Gasteiger partial charge is 0.321 e. The Labute approximate surface area is 269 Å². The normalized spacial score (nSPS) is 10.9. The first-order chi connectivity index (χ1) is 22.4. The molecule has 0 aliphatic rings. The minimum Gasteiger partial charge on any atom is -0.321 e. The summed E-state index contributed by atoms with van der Waals surface area (Å²) in [4.78, 5) is 53.2. The monoisotopic (exact) mass is 628 g/mol. The van der Waals surface area contributed by atoms with Crippen molar-refractivity contribution >= 4 is 58.3 Å². The molecule has 5 aromatic rings. The van der Waals surface area contributed by atoms with Crippen molar-refractivity contribution in [2.24, 2.45) is 0 Å². The molecule has 0 fully saturated rings. The molecule has 2 N–H and O–H groups in total. The van der Waals surface area contributed by atoms with E-state index in [9.17, 15) is 24.5 Å². The van der Waals surface area contributed by atoms with Crippen LogP contribution in [-0.2, 0) is 9.59 Å². The van der Waals surface area contributed by atoms with Gasteiger partial charge in [0.2, 0.25) is 5.91 Å². The number of amides is 3. The Morgan fingerprint density at radius 3 is 1.85 bits per heavy atom. The predicted octanol–water partition coefficient (Wildman–Crippen LogP) is 7.46. The van der Waals surface area contributed by atoms with Crippen molar-refractivity contribution in [2.45, 2.75) is 4.90 Å². The van der Waals surface area contributed by atoms with E-state index in [1.807, 2.05) is 60.7 Å². The van der Waals surface area contributed by atoms with Crippen molar-refractivity contribution < 1.29 is 19.3 Å². The third-order valence-corrected chi connectivity index (χ3v) is 7.71. The molecule has 0 radical (unpaired) electrons. The number of hydrogen-bond donors (Lipinski definition) is 2. The van der Waals surface area contributed by atoms with Crippen LogP contribution in [0.4, 0.5) is 22.7 Å². The van der Waals surface area contributed by atoms with E-state index in [1.54, 1.807) is 65.6 Å². The van der Waals surface area contributed by atoms with E-state index in [2.05, 4.69) is 10.6 Å². The molecule has 0 saturated heterocycles. The Bertz CT molecular complexity index is 1830. The van der Waals surface area contributed by atoms with Crippen molar-refractivity contribution in [3.63, 3.8) is 0 Å². The van der Waals surface area contributed by atoms with Crippen LogP contribution in [0, 0.1) is 10.1 Å². The lowest BCUT2D eigenvalue weighted by Gasteiger charge is -2.23. The maximum absolute atomic E-state index is 13.4. The van der Waals surface area contributed by atoms with Gasteiger partial charge in [0.05, 0.1) is 16.2 Å². The Kier molecular flexibility index (Phi) is 10.3. The van der Waals surface area contributed by atoms with Crippen LogP contribution in [0.15, 0.2) is 150 Å². The first kappa shape index (κ1) is 31.4. The van der Waals surface area contributed by atoms with Crippen LogP contribution >= 0.6 is 11.8 Å². The summed E-state index contributed by atoms with van der Waals surface area (Å²) in [7, 11) is 0. The van der Waals surface area contributed by atoms with E-state index in [-0.39, 0.29) is 28.6 Å². The third-order valence-electron chi connectivity index (χ3n) is 6.71. The van der Waals surface area contributed by atoms with Crippen LogP contribution in [0.5, 0.6) is 0 Å². The van der Waals surface area contributed by atoms with E-state index in [4.69, 9.17) is 0 Å². The number of carbonyl (C=O) groups excluding carboxylic acids is 3. The zero-order valence-electron chi connectivity index (χ0n) is 24.4.